The molecule has 1 atom stereocenters. The molecule has 2 aromatic carbocycles. The molecular weight excluding hydrogens is 458 g/mol. The summed E-state index contributed by atoms with van der Waals surface area (Å²) in [6, 6.07) is 18.4. The largest absolute Gasteiger partial charge is 0.457 e. The second-order valence-electron chi connectivity index (χ2n) is 11.1. The van der Waals surface area contributed by atoms with Crippen LogP contribution in [0.5, 0.6) is 11.5 Å². The van der Waals surface area contributed by atoms with Crippen molar-refractivity contribution in [3.05, 3.63) is 60.2 Å². The number of ether oxygens (including phenoxy) is 1. The molecule has 0 aliphatic heterocycles. The standard InChI is InChI=1S/C32H41N3O2/c1-35(25-13-7-3-8-14-25)31(36)20-18-28(23-11-5-2-6-12-23)29-22-24-21-27(17-19-30(24)34-32(29)33)37-26-15-9-4-10-16-26/h4,9-10,15-17,19,21-23,25,28H,2-3,5-8,11-14,18,20H2,1H3,(H2,33,34). The van der Waals surface area contributed by atoms with Crippen molar-refractivity contribution in [1.82, 2.24) is 9.88 Å². The van der Waals surface area contributed by atoms with Gasteiger partial charge in [0, 0.05) is 24.9 Å². The van der Waals surface area contributed by atoms with Crippen molar-refractivity contribution < 1.29 is 9.53 Å². The van der Waals surface area contributed by atoms with E-state index in [1.807, 2.05) is 54.4 Å². The highest BCUT2D eigenvalue weighted by Crippen LogP contribution is 2.42. The number of hydrogen-bond acceptors (Lipinski definition) is 4. The number of pyridine rings is 1. The summed E-state index contributed by atoms with van der Waals surface area (Å²) in [5.74, 6) is 3.28. The Morgan fingerprint density at radius 1 is 0.946 bits per heavy atom. The van der Waals surface area contributed by atoms with Gasteiger partial charge in [0.1, 0.15) is 17.3 Å². The van der Waals surface area contributed by atoms with Gasteiger partial charge in [-0.15, -0.1) is 0 Å². The second-order valence-corrected chi connectivity index (χ2v) is 11.1. The third-order valence-electron chi connectivity index (χ3n) is 8.63. The Bertz CT molecular complexity index is 1180. The van der Waals surface area contributed by atoms with Gasteiger partial charge in [-0.3, -0.25) is 4.79 Å². The van der Waals surface area contributed by atoms with E-state index in [0.29, 0.717) is 24.2 Å². The maximum absolute atomic E-state index is 13.2. The number of benzene rings is 2. The van der Waals surface area contributed by atoms with E-state index in [4.69, 9.17) is 15.5 Å². The fourth-order valence-corrected chi connectivity index (χ4v) is 6.48. The summed E-state index contributed by atoms with van der Waals surface area (Å²) < 4.78 is 6.09. The summed E-state index contributed by atoms with van der Waals surface area (Å²) >= 11 is 0. The molecule has 0 saturated heterocycles. The molecule has 2 fully saturated rings. The molecule has 0 bridgehead atoms. The molecule has 1 amide bonds. The van der Waals surface area contributed by atoms with Crippen molar-refractivity contribution in [1.29, 1.82) is 0 Å². The zero-order chi connectivity index (χ0) is 25.6. The van der Waals surface area contributed by atoms with E-state index in [1.165, 1.54) is 51.4 Å². The molecule has 5 heteroatoms. The van der Waals surface area contributed by atoms with Crippen LogP contribution < -0.4 is 10.5 Å². The van der Waals surface area contributed by atoms with Crippen molar-refractivity contribution in [3.8, 4) is 11.5 Å². The number of carbonyl (C=O) groups is 1. The van der Waals surface area contributed by atoms with Crippen LogP contribution in [0.1, 0.15) is 88.5 Å². The number of carbonyl (C=O) groups excluding carboxylic acids is 1. The van der Waals surface area contributed by atoms with Gasteiger partial charge in [0.2, 0.25) is 5.91 Å². The van der Waals surface area contributed by atoms with E-state index in [2.05, 4.69) is 12.1 Å². The molecule has 5 nitrogen and oxygen atoms in total. The maximum Gasteiger partial charge on any atom is 0.222 e. The third kappa shape index (κ3) is 6.26. The van der Waals surface area contributed by atoms with Crippen LogP contribution in [0, 0.1) is 5.92 Å². The predicted octanol–water partition coefficient (Wildman–Crippen LogP) is 7.84. The molecule has 0 radical (unpaired) electrons. The van der Waals surface area contributed by atoms with Gasteiger partial charge in [0.05, 0.1) is 5.52 Å². The summed E-state index contributed by atoms with van der Waals surface area (Å²) in [5, 5.41) is 1.03. The highest BCUT2D eigenvalue weighted by molar-refractivity contribution is 5.83. The lowest BCUT2D eigenvalue weighted by atomic mass is 9.74. The number of anilines is 1. The van der Waals surface area contributed by atoms with Crippen molar-refractivity contribution in [2.45, 2.75) is 89.0 Å². The minimum absolute atomic E-state index is 0.250. The molecule has 2 saturated carbocycles. The first-order chi connectivity index (χ1) is 18.1. The van der Waals surface area contributed by atoms with E-state index < -0.39 is 0 Å². The highest BCUT2D eigenvalue weighted by atomic mass is 16.5. The number of amides is 1. The first-order valence-electron chi connectivity index (χ1n) is 14.3. The van der Waals surface area contributed by atoms with Gasteiger partial charge in [0.15, 0.2) is 0 Å². The van der Waals surface area contributed by atoms with Gasteiger partial charge < -0.3 is 15.4 Å². The zero-order valence-corrected chi connectivity index (χ0v) is 22.2. The average molecular weight is 500 g/mol. The molecule has 1 aromatic heterocycles. The Morgan fingerprint density at radius 3 is 2.38 bits per heavy atom. The summed E-state index contributed by atoms with van der Waals surface area (Å²) in [6.07, 6.45) is 13.7. The second kappa shape index (κ2) is 12.0. The molecule has 0 spiro atoms. The zero-order valence-electron chi connectivity index (χ0n) is 22.2. The van der Waals surface area contributed by atoms with E-state index in [9.17, 15) is 4.79 Å². The Morgan fingerprint density at radius 2 is 1.65 bits per heavy atom. The summed E-state index contributed by atoms with van der Waals surface area (Å²) in [4.78, 5) is 20.1. The molecule has 5 rings (SSSR count). The Hall–Kier alpha value is -3.08. The number of aromatic nitrogens is 1. The molecule has 196 valence electrons. The number of nitrogens with zero attached hydrogens (tertiary/aromatic N) is 2. The smallest absolute Gasteiger partial charge is 0.222 e. The summed E-state index contributed by atoms with van der Waals surface area (Å²) in [5.41, 5.74) is 8.57. The fraction of sp³-hybridized carbons (Fsp3) is 0.500. The highest BCUT2D eigenvalue weighted by Gasteiger charge is 2.29. The first kappa shape index (κ1) is 25.6. The Balaban J connectivity index is 1.38. The number of para-hydroxylation sites is 1. The number of rotatable bonds is 8. The lowest BCUT2D eigenvalue weighted by Gasteiger charge is -2.34. The lowest BCUT2D eigenvalue weighted by molar-refractivity contribution is -0.132. The summed E-state index contributed by atoms with van der Waals surface area (Å²) in [6.45, 7) is 0. The molecule has 1 unspecified atom stereocenters. The van der Waals surface area contributed by atoms with Crippen LogP contribution >= 0.6 is 0 Å². The Labute approximate surface area is 221 Å². The average Bonchev–Trinajstić information content (AvgIpc) is 2.94. The van der Waals surface area contributed by atoms with E-state index in [-0.39, 0.29) is 11.8 Å². The molecule has 2 aliphatic carbocycles. The number of hydrogen-bond donors (Lipinski definition) is 1. The molecule has 2 aliphatic rings. The first-order valence-corrected chi connectivity index (χ1v) is 14.3. The van der Waals surface area contributed by atoms with Gasteiger partial charge in [-0.1, -0.05) is 56.7 Å². The van der Waals surface area contributed by atoms with E-state index in [0.717, 1.165) is 47.2 Å². The van der Waals surface area contributed by atoms with Gasteiger partial charge >= 0.3 is 0 Å². The van der Waals surface area contributed by atoms with Crippen LogP contribution in [0.4, 0.5) is 5.82 Å². The van der Waals surface area contributed by atoms with Crippen molar-refractivity contribution in [2.75, 3.05) is 12.8 Å². The number of nitrogen functional groups attached to an aromatic ring is 1. The van der Waals surface area contributed by atoms with Crippen molar-refractivity contribution in [2.24, 2.45) is 5.92 Å². The molecule has 1 heterocycles. The van der Waals surface area contributed by atoms with Gasteiger partial charge in [-0.25, -0.2) is 4.98 Å². The molecule has 3 aromatic rings. The van der Waals surface area contributed by atoms with Gasteiger partial charge in [-0.05, 0) is 85.9 Å². The molecular formula is C32H41N3O2. The van der Waals surface area contributed by atoms with Crippen LogP contribution in [0.3, 0.4) is 0 Å². The van der Waals surface area contributed by atoms with Gasteiger partial charge in [-0.2, -0.15) is 0 Å². The molecule has 37 heavy (non-hydrogen) atoms. The monoisotopic (exact) mass is 499 g/mol. The van der Waals surface area contributed by atoms with Crippen molar-refractivity contribution in [3.63, 3.8) is 0 Å². The number of fused-ring (bicyclic) bond motifs is 1. The lowest BCUT2D eigenvalue weighted by Crippen LogP contribution is -2.38. The van der Waals surface area contributed by atoms with Crippen LogP contribution in [-0.2, 0) is 4.79 Å². The van der Waals surface area contributed by atoms with E-state index in [1.54, 1.807) is 0 Å². The van der Waals surface area contributed by atoms with Crippen LogP contribution in [-0.4, -0.2) is 28.9 Å². The third-order valence-corrected chi connectivity index (χ3v) is 8.63. The Kier molecular flexibility index (Phi) is 8.28. The number of nitrogens with two attached hydrogens (primary N) is 1. The topological polar surface area (TPSA) is 68.5 Å². The van der Waals surface area contributed by atoms with Crippen molar-refractivity contribution >= 4 is 22.6 Å². The van der Waals surface area contributed by atoms with Gasteiger partial charge in [0.25, 0.3) is 0 Å². The minimum Gasteiger partial charge on any atom is -0.457 e. The minimum atomic E-state index is 0.250. The molecule has 2 N–H and O–H groups in total. The maximum atomic E-state index is 13.2. The van der Waals surface area contributed by atoms with Crippen LogP contribution in [0.2, 0.25) is 0 Å². The summed E-state index contributed by atoms with van der Waals surface area (Å²) in [7, 11) is 2.01. The van der Waals surface area contributed by atoms with Crippen LogP contribution in [0.15, 0.2) is 54.6 Å². The predicted molar refractivity (Wildman–Crippen MR) is 151 cm³/mol. The quantitative estimate of drug-likeness (QED) is 0.343. The van der Waals surface area contributed by atoms with E-state index >= 15 is 0 Å². The normalized spacial score (nSPS) is 18.0. The SMILES string of the molecule is CN(C(=O)CCC(c1cc2cc(Oc3ccccc3)ccc2nc1N)C1CCCCC1)C1CCCCC1. The van der Waals surface area contributed by atoms with Crippen LogP contribution in [0.25, 0.3) is 10.9 Å². The fourth-order valence-electron chi connectivity index (χ4n) is 6.48.